The Kier molecular flexibility index (Phi) is 6.71. The molecule has 0 aromatic heterocycles. The average Bonchev–Trinajstić information content (AvgIpc) is 2.62. The number of piperidine rings is 1. The molecule has 0 atom stereocenters. The maximum Gasteiger partial charge on any atom is 0.313 e. The molecule has 2 N–H and O–H groups in total. The van der Waals surface area contributed by atoms with Gasteiger partial charge < -0.3 is 20.3 Å². The molecule has 1 saturated heterocycles. The number of hydrogen-bond acceptors (Lipinski definition) is 5. The van der Waals surface area contributed by atoms with Crippen LogP contribution in [0.1, 0.15) is 26.7 Å². The number of nitrogens with one attached hydrogen (secondary N) is 2. The van der Waals surface area contributed by atoms with Crippen LogP contribution < -0.4 is 10.6 Å². The maximum absolute atomic E-state index is 12.3. The van der Waals surface area contributed by atoms with Gasteiger partial charge in [0.15, 0.2) is 0 Å². The van der Waals surface area contributed by atoms with Gasteiger partial charge >= 0.3 is 17.8 Å². The van der Waals surface area contributed by atoms with E-state index in [9.17, 15) is 19.2 Å². The molecule has 0 saturated carbocycles. The predicted octanol–water partition coefficient (Wildman–Crippen LogP) is 1.39. The highest BCUT2D eigenvalue weighted by Crippen LogP contribution is 2.19. The van der Waals surface area contributed by atoms with Crippen LogP contribution in [-0.4, -0.2) is 48.3 Å². The molecule has 0 radical (unpaired) electrons. The summed E-state index contributed by atoms with van der Waals surface area (Å²) in [4.78, 5) is 48.5. The van der Waals surface area contributed by atoms with E-state index in [4.69, 9.17) is 4.74 Å². The molecule has 1 aromatic carbocycles. The van der Waals surface area contributed by atoms with Gasteiger partial charge in [-0.15, -0.1) is 0 Å². The molecule has 1 fully saturated rings. The minimum atomic E-state index is -0.730. The first-order chi connectivity index (χ1) is 12.4. The first kappa shape index (κ1) is 19.4. The first-order valence-electron chi connectivity index (χ1n) is 8.55. The Morgan fingerprint density at radius 1 is 1.04 bits per heavy atom. The summed E-state index contributed by atoms with van der Waals surface area (Å²) in [7, 11) is 0. The van der Waals surface area contributed by atoms with Crippen LogP contribution >= 0.6 is 0 Å². The molecule has 0 aliphatic carbocycles. The number of rotatable bonds is 4. The van der Waals surface area contributed by atoms with E-state index >= 15 is 0 Å². The quantitative estimate of drug-likeness (QED) is 0.623. The van der Waals surface area contributed by atoms with Crippen LogP contribution in [0.5, 0.6) is 0 Å². The van der Waals surface area contributed by atoms with Crippen molar-refractivity contribution in [2.24, 2.45) is 5.92 Å². The fraction of sp³-hybridized carbons (Fsp3) is 0.444. The third kappa shape index (κ3) is 5.30. The number of ether oxygens (including phenoxy) is 1. The number of carbonyl (C=O) groups excluding carboxylic acids is 4. The number of benzene rings is 1. The third-order valence-corrected chi connectivity index (χ3v) is 4.06. The van der Waals surface area contributed by atoms with Crippen molar-refractivity contribution >= 4 is 35.1 Å². The third-order valence-electron chi connectivity index (χ3n) is 4.06. The Hall–Kier alpha value is -2.90. The lowest BCUT2D eigenvalue weighted by Gasteiger charge is -2.30. The van der Waals surface area contributed by atoms with E-state index < -0.39 is 11.8 Å². The molecule has 3 amide bonds. The molecule has 1 aliphatic rings. The normalized spacial score (nSPS) is 14.5. The van der Waals surface area contributed by atoms with E-state index in [-0.39, 0.29) is 17.8 Å². The van der Waals surface area contributed by atoms with Crippen molar-refractivity contribution in [3.63, 3.8) is 0 Å². The summed E-state index contributed by atoms with van der Waals surface area (Å²) in [6.45, 7) is 4.18. The van der Waals surface area contributed by atoms with E-state index in [0.717, 1.165) is 0 Å². The molecule has 0 unspecified atom stereocenters. The van der Waals surface area contributed by atoms with Gasteiger partial charge in [0, 0.05) is 31.4 Å². The second-order valence-corrected chi connectivity index (χ2v) is 6.03. The van der Waals surface area contributed by atoms with Gasteiger partial charge in [0.05, 0.1) is 12.5 Å². The smallest absolute Gasteiger partial charge is 0.313 e. The number of likely N-dealkylation sites (tertiary alicyclic amines) is 1. The number of carbonyl (C=O) groups is 4. The van der Waals surface area contributed by atoms with Crippen molar-refractivity contribution in [2.45, 2.75) is 26.7 Å². The number of nitrogens with zero attached hydrogens (tertiary/aromatic N) is 1. The Labute approximate surface area is 151 Å². The fourth-order valence-electron chi connectivity index (χ4n) is 2.75. The van der Waals surface area contributed by atoms with Crippen LogP contribution in [0.2, 0.25) is 0 Å². The van der Waals surface area contributed by atoms with Crippen LogP contribution in [0.4, 0.5) is 11.4 Å². The molecular formula is C18H23N3O5. The largest absolute Gasteiger partial charge is 0.466 e. The molecule has 0 spiro atoms. The number of amides is 3. The summed E-state index contributed by atoms with van der Waals surface area (Å²) in [5, 5.41) is 5.16. The van der Waals surface area contributed by atoms with Gasteiger partial charge in [0.25, 0.3) is 0 Å². The van der Waals surface area contributed by atoms with Gasteiger partial charge in [-0.3, -0.25) is 19.2 Å². The van der Waals surface area contributed by atoms with E-state index in [0.29, 0.717) is 43.9 Å². The Morgan fingerprint density at radius 3 is 2.08 bits per heavy atom. The first-order valence-corrected chi connectivity index (χ1v) is 8.55. The van der Waals surface area contributed by atoms with Gasteiger partial charge in [-0.2, -0.15) is 0 Å². The van der Waals surface area contributed by atoms with Crippen molar-refractivity contribution in [2.75, 3.05) is 30.3 Å². The summed E-state index contributed by atoms with van der Waals surface area (Å²) in [6, 6.07) is 6.46. The van der Waals surface area contributed by atoms with Gasteiger partial charge in [-0.05, 0) is 44.0 Å². The molecule has 1 aliphatic heterocycles. The zero-order chi connectivity index (χ0) is 19.1. The van der Waals surface area contributed by atoms with Gasteiger partial charge in [0.1, 0.15) is 0 Å². The SMILES string of the molecule is CCOC(=O)C1CCN(C(=O)C(=O)Nc2ccc(NC(C)=O)cc2)CC1. The molecular weight excluding hydrogens is 338 g/mol. The lowest BCUT2D eigenvalue weighted by Crippen LogP contribution is -2.45. The van der Waals surface area contributed by atoms with Gasteiger partial charge in [-0.1, -0.05) is 0 Å². The Balaban J connectivity index is 1.85. The fourth-order valence-corrected chi connectivity index (χ4v) is 2.75. The highest BCUT2D eigenvalue weighted by atomic mass is 16.5. The van der Waals surface area contributed by atoms with Crippen LogP contribution in [-0.2, 0) is 23.9 Å². The van der Waals surface area contributed by atoms with Crippen molar-refractivity contribution < 1.29 is 23.9 Å². The zero-order valence-electron chi connectivity index (χ0n) is 14.9. The minimum Gasteiger partial charge on any atom is -0.466 e. The highest BCUT2D eigenvalue weighted by molar-refractivity contribution is 6.39. The van der Waals surface area contributed by atoms with Crippen molar-refractivity contribution in [3.05, 3.63) is 24.3 Å². The van der Waals surface area contributed by atoms with Crippen LogP contribution in [0.25, 0.3) is 0 Å². The summed E-state index contributed by atoms with van der Waals surface area (Å²) < 4.78 is 4.99. The second kappa shape index (κ2) is 8.98. The van der Waals surface area contributed by atoms with Crippen molar-refractivity contribution in [1.29, 1.82) is 0 Å². The second-order valence-electron chi connectivity index (χ2n) is 6.03. The molecule has 26 heavy (non-hydrogen) atoms. The molecule has 1 heterocycles. The van der Waals surface area contributed by atoms with Crippen molar-refractivity contribution in [3.8, 4) is 0 Å². The van der Waals surface area contributed by atoms with E-state index in [2.05, 4.69) is 10.6 Å². The summed E-state index contributed by atoms with van der Waals surface area (Å²) in [6.07, 6.45) is 0.979. The standard InChI is InChI=1S/C18H23N3O5/c1-3-26-18(25)13-8-10-21(11-9-13)17(24)16(23)20-15-6-4-14(5-7-15)19-12(2)22/h4-7,13H,3,8-11H2,1-2H3,(H,19,22)(H,20,23). The van der Waals surface area contributed by atoms with Crippen LogP contribution in [0, 0.1) is 5.92 Å². The molecule has 2 rings (SSSR count). The summed E-state index contributed by atoms with van der Waals surface area (Å²) in [5.41, 5.74) is 1.06. The van der Waals surface area contributed by atoms with Gasteiger partial charge in [-0.25, -0.2) is 0 Å². The molecule has 8 nitrogen and oxygen atoms in total. The van der Waals surface area contributed by atoms with Crippen LogP contribution in [0.3, 0.4) is 0 Å². The predicted molar refractivity (Wildman–Crippen MR) is 95.3 cm³/mol. The molecule has 8 heteroatoms. The highest BCUT2D eigenvalue weighted by Gasteiger charge is 2.30. The lowest BCUT2D eigenvalue weighted by atomic mass is 9.97. The van der Waals surface area contributed by atoms with Gasteiger partial charge in [0.2, 0.25) is 5.91 Å². The van der Waals surface area contributed by atoms with E-state index in [1.807, 2.05) is 0 Å². The molecule has 1 aromatic rings. The average molecular weight is 361 g/mol. The maximum atomic E-state index is 12.3. The number of esters is 1. The zero-order valence-corrected chi connectivity index (χ0v) is 14.9. The summed E-state index contributed by atoms with van der Waals surface area (Å²) in [5.74, 6) is -2.01. The lowest BCUT2D eigenvalue weighted by molar-refractivity contribution is -0.152. The monoisotopic (exact) mass is 361 g/mol. The molecule has 140 valence electrons. The summed E-state index contributed by atoms with van der Waals surface area (Å²) >= 11 is 0. The Bertz CT molecular complexity index is 679. The number of anilines is 2. The number of hydrogen-bond donors (Lipinski definition) is 2. The molecule has 0 bridgehead atoms. The van der Waals surface area contributed by atoms with E-state index in [1.54, 1.807) is 31.2 Å². The van der Waals surface area contributed by atoms with Crippen molar-refractivity contribution in [1.82, 2.24) is 4.90 Å². The minimum absolute atomic E-state index is 0.191. The van der Waals surface area contributed by atoms with Crippen LogP contribution in [0.15, 0.2) is 24.3 Å². The Morgan fingerprint density at radius 2 is 1.58 bits per heavy atom. The topological polar surface area (TPSA) is 105 Å². The van der Waals surface area contributed by atoms with E-state index in [1.165, 1.54) is 11.8 Å².